The Bertz CT molecular complexity index is 3200. The summed E-state index contributed by atoms with van der Waals surface area (Å²) in [5, 5.41) is 0. The topological polar surface area (TPSA) is 0 Å². The molecular weight excluding hydrogens is 841 g/mol. The van der Waals surface area contributed by atoms with E-state index in [4.69, 9.17) is 0 Å². The number of aryl methyl sites for hydroxylation is 2. The van der Waals surface area contributed by atoms with Gasteiger partial charge in [0.15, 0.2) is 0 Å². The van der Waals surface area contributed by atoms with Crippen molar-refractivity contribution in [3.8, 4) is 11.1 Å². The lowest BCUT2D eigenvalue weighted by atomic mass is 9.63. The average Bonchev–Trinajstić information content (AvgIpc) is 3.40. The van der Waals surface area contributed by atoms with Gasteiger partial charge in [0.25, 0.3) is 0 Å². The third-order valence-corrected chi connectivity index (χ3v) is 16.1. The highest BCUT2D eigenvalue weighted by Gasteiger charge is 2.39. The van der Waals surface area contributed by atoms with Crippen LogP contribution in [0, 0.1) is 20.8 Å². The Hall–Kier alpha value is -7.02. The number of rotatable bonds is 13. The molecule has 0 amide bonds. The van der Waals surface area contributed by atoms with Crippen molar-refractivity contribution in [1.29, 1.82) is 0 Å². The number of hydrogen-bond acceptors (Lipinski definition) is 0. The Morgan fingerprint density at radius 3 is 2.00 bits per heavy atom. The average molecular weight is 911 g/mol. The van der Waals surface area contributed by atoms with Crippen molar-refractivity contribution in [2.75, 3.05) is 0 Å². The van der Waals surface area contributed by atoms with E-state index >= 15 is 0 Å². The van der Waals surface area contributed by atoms with Gasteiger partial charge in [0.05, 0.1) is 0 Å². The Labute approximate surface area is 420 Å². The van der Waals surface area contributed by atoms with E-state index in [0.29, 0.717) is 0 Å². The van der Waals surface area contributed by atoms with Gasteiger partial charge in [-0.25, -0.2) is 0 Å². The van der Waals surface area contributed by atoms with Gasteiger partial charge in [-0.05, 0) is 186 Å². The predicted molar refractivity (Wildman–Crippen MR) is 303 cm³/mol. The van der Waals surface area contributed by atoms with E-state index < -0.39 is 10.8 Å². The first-order valence-corrected chi connectivity index (χ1v) is 25.6. The van der Waals surface area contributed by atoms with Crippen molar-refractivity contribution in [3.05, 3.63) is 291 Å². The summed E-state index contributed by atoms with van der Waals surface area (Å²) in [7, 11) is 0. The highest BCUT2D eigenvalue weighted by molar-refractivity contribution is 5.85. The van der Waals surface area contributed by atoms with Crippen molar-refractivity contribution in [2.24, 2.45) is 0 Å². The van der Waals surface area contributed by atoms with Crippen molar-refractivity contribution in [3.63, 3.8) is 0 Å². The number of hydrogen-bond donors (Lipinski definition) is 0. The van der Waals surface area contributed by atoms with Crippen LogP contribution in [0.25, 0.3) is 27.8 Å². The maximum absolute atomic E-state index is 4.22. The van der Waals surface area contributed by atoms with Crippen LogP contribution in [0.15, 0.2) is 230 Å². The van der Waals surface area contributed by atoms with E-state index in [1.807, 2.05) is 6.08 Å². The molecule has 0 saturated heterocycles. The second-order valence-electron chi connectivity index (χ2n) is 20.6. The second kappa shape index (κ2) is 20.1. The van der Waals surface area contributed by atoms with Crippen LogP contribution in [0.5, 0.6) is 0 Å². The zero-order chi connectivity index (χ0) is 49.0. The van der Waals surface area contributed by atoms with E-state index in [9.17, 15) is 0 Å². The maximum atomic E-state index is 4.22. The van der Waals surface area contributed by atoms with E-state index in [1.54, 1.807) is 0 Å². The first-order valence-electron chi connectivity index (χ1n) is 25.6. The summed E-state index contributed by atoms with van der Waals surface area (Å²) in [5.74, 6) is 0. The van der Waals surface area contributed by atoms with Gasteiger partial charge in [0.1, 0.15) is 0 Å². The Kier molecular flexibility index (Phi) is 13.8. The second-order valence-corrected chi connectivity index (χ2v) is 20.6. The molecule has 9 rings (SSSR count). The van der Waals surface area contributed by atoms with E-state index in [-0.39, 0.29) is 5.41 Å². The SMILES string of the molecule is C=C/C(C)=C(\C=C/C(C)(C1=CCC(C)(c2ccccc2C(C)(c2ccccc2)c2ccc(-c3cccc(C4=CCCC=C4C)c3C)cc2)C=C1)c1ccc(C2=CCCC=C2)cc1C)c1ccccc1C. The lowest BCUT2D eigenvalue weighted by Crippen LogP contribution is -2.32. The third kappa shape index (κ3) is 9.13. The molecule has 0 heterocycles. The van der Waals surface area contributed by atoms with E-state index in [2.05, 4.69) is 262 Å². The van der Waals surface area contributed by atoms with Crippen LogP contribution in [-0.2, 0) is 16.2 Å². The van der Waals surface area contributed by atoms with Crippen LogP contribution in [0.4, 0.5) is 0 Å². The summed E-state index contributed by atoms with van der Waals surface area (Å²) in [6.45, 7) is 22.7. The zero-order valence-corrected chi connectivity index (χ0v) is 42.9. The third-order valence-electron chi connectivity index (χ3n) is 16.1. The quantitative estimate of drug-likeness (QED) is 0.0800. The normalized spacial score (nSPS) is 19.0. The fourth-order valence-corrected chi connectivity index (χ4v) is 11.6. The summed E-state index contributed by atoms with van der Waals surface area (Å²) in [5.41, 5.74) is 23.4. The summed E-state index contributed by atoms with van der Waals surface area (Å²) < 4.78 is 0. The molecule has 6 aromatic carbocycles. The van der Waals surface area contributed by atoms with Crippen molar-refractivity contribution in [1.82, 2.24) is 0 Å². The molecule has 6 aromatic rings. The summed E-state index contributed by atoms with van der Waals surface area (Å²) in [6.07, 6.45) is 31.3. The fraction of sp³-hybridized carbons (Fsp3) is 0.229. The lowest BCUT2D eigenvalue weighted by molar-refractivity contribution is 0.558. The van der Waals surface area contributed by atoms with Gasteiger partial charge in [-0.1, -0.05) is 220 Å². The van der Waals surface area contributed by atoms with Crippen LogP contribution in [0.2, 0.25) is 0 Å². The van der Waals surface area contributed by atoms with Crippen molar-refractivity contribution >= 4 is 16.7 Å². The molecule has 0 bridgehead atoms. The molecule has 0 spiro atoms. The monoisotopic (exact) mass is 911 g/mol. The van der Waals surface area contributed by atoms with Gasteiger partial charge < -0.3 is 0 Å². The van der Waals surface area contributed by atoms with Crippen LogP contribution in [0.1, 0.15) is 128 Å². The minimum atomic E-state index is -0.427. The van der Waals surface area contributed by atoms with Crippen LogP contribution >= 0.6 is 0 Å². The molecule has 0 N–H and O–H groups in total. The summed E-state index contributed by atoms with van der Waals surface area (Å²) in [6, 6.07) is 52.4. The van der Waals surface area contributed by atoms with Crippen LogP contribution < -0.4 is 0 Å². The number of benzene rings is 6. The molecule has 0 aromatic heterocycles. The molecule has 0 nitrogen and oxygen atoms in total. The Morgan fingerprint density at radius 1 is 0.614 bits per heavy atom. The molecule has 0 aliphatic heterocycles. The predicted octanol–water partition coefficient (Wildman–Crippen LogP) is 18.8. The zero-order valence-electron chi connectivity index (χ0n) is 42.9. The maximum Gasteiger partial charge on any atom is 0.0426 e. The Morgan fingerprint density at radius 2 is 1.30 bits per heavy atom. The standard InChI is InChI=1S/C70H70/c1-10-49(2)62(60-30-19-17-24-50(60)3)44-47-69(8,65-41-38-56(48-52(65)5)54-26-13-11-14-27-54)57-42-45-68(7,46-43-57)66-34-21-22-35-67(66)70(9,58-28-15-12-16-29-58)59-39-36-55(37-40-59)63-32-23-33-64(53(63)6)61-31-20-18-25-51(61)4/h10,12-13,15-17,19,21-45,47-48H,1,11,14,18,20,46H2,2-9H3/b47-44-,62-49+. The van der Waals surface area contributed by atoms with Crippen LogP contribution in [-0.4, -0.2) is 0 Å². The molecule has 0 fully saturated rings. The highest BCUT2D eigenvalue weighted by Crippen LogP contribution is 2.49. The molecule has 3 atom stereocenters. The minimum absolute atomic E-state index is 0.261. The molecule has 3 unspecified atom stereocenters. The van der Waals surface area contributed by atoms with Gasteiger partial charge >= 0.3 is 0 Å². The molecule has 0 saturated carbocycles. The van der Waals surface area contributed by atoms with Gasteiger partial charge in [-0.3, -0.25) is 0 Å². The first-order chi connectivity index (χ1) is 33.9. The van der Waals surface area contributed by atoms with E-state index in [0.717, 1.165) is 37.7 Å². The summed E-state index contributed by atoms with van der Waals surface area (Å²) in [4.78, 5) is 0. The van der Waals surface area contributed by atoms with Gasteiger partial charge in [0, 0.05) is 16.2 Å². The molecule has 3 aliphatic rings. The largest absolute Gasteiger partial charge is 0.0988 e. The van der Waals surface area contributed by atoms with Crippen molar-refractivity contribution < 1.29 is 0 Å². The van der Waals surface area contributed by atoms with E-state index in [1.165, 1.54) is 100 Å². The lowest BCUT2D eigenvalue weighted by Gasteiger charge is -2.40. The molecular formula is C70H70. The van der Waals surface area contributed by atoms with Gasteiger partial charge in [0.2, 0.25) is 0 Å². The highest BCUT2D eigenvalue weighted by atomic mass is 14.4. The molecule has 0 radical (unpaired) electrons. The summed E-state index contributed by atoms with van der Waals surface area (Å²) >= 11 is 0. The van der Waals surface area contributed by atoms with Gasteiger partial charge in [-0.2, -0.15) is 0 Å². The molecule has 70 heavy (non-hydrogen) atoms. The van der Waals surface area contributed by atoms with Crippen molar-refractivity contribution in [2.45, 2.75) is 104 Å². The minimum Gasteiger partial charge on any atom is -0.0988 e. The fourth-order valence-electron chi connectivity index (χ4n) is 11.6. The Balaban J connectivity index is 1.11. The number of allylic oxidation sites excluding steroid dienone is 17. The van der Waals surface area contributed by atoms with Gasteiger partial charge in [-0.15, -0.1) is 0 Å². The van der Waals surface area contributed by atoms with Crippen LogP contribution in [0.3, 0.4) is 0 Å². The molecule has 3 aliphatic carbocycles. The molecule has 350 valence electrons. The smallest absolute Gasteiger partial charge is 0.0426 e. The first kappa shape index (κ1) is 48.0. The molecule has 0 heteroatoms.